The predicted molar refractivity (Wildman–Crippen MR) is 53.3 cm³/mol. The first-order valence-electron chi connectivity index (χ1n) is 5.20. The zero-order valence-electron chi connectivity index (χ0n) is 9.03. The van der Waals surface area contributed by atoms with Crippen molar-refractivity contribution >= 4 is 5.91 Å². The van der Waals surface area contributed by atoms with Gasteiger partial charge in [0.1, 0.15) is 0 Å². The summed E-state index contributed by atoms with van der Waals surface area (Å²) in [4.78, 5) is 11.0. The largest absolute Gasteiger partial charge is 0.391 e. The molecule has 90 valence electrons. The highest BCUT2D eigenvalue weighted by Crippen LogP contribution is 2.41. The van der Waals surface area contributed by atoms with Crippen molar-refractivity contribution < 1.29 is 18.0 Å². The molecule has 0 saturated heterocycles. The quantitative estimate of drug-likeness (QED) is 0.727. The van der Waals surface area contributed by atoms with E-state index in [0.717, 1.165) is 0 Å². The first-order chi connectivity index (χ1) is 7.43. The van der Waals surface area contributed by atoms with E-state index in [1.54, 1.807) is 0 Å². The van der Waals surface area contributed by atoms with Crippen LogP contribution in [0.15, 0.2) is 0 Å². The van der Waals surface area contributed by atoms with Gasteiger partial charge in [0.15, 0.2) is 0 Å². The highest BCUT2D eigenvalue weighted by atomic mass is 19.4. The molecule has 1 saturated carbocycles. The number of rotatable bonds is 2. The summed E-state index contributed by atoms with van der Waals surface area (Å²) in [5, 5.41) is 2.52. The molecule has 2 unspecified atom stereocenters. The summed E-state index contributed by atoms with van der Waals surface area (Å²) in [6.07, 6.45) is -3.29. The van der Waals surface area contributed by atoms with Crippen molar-refractivity contribution in [1.82, 2.24) is 5.32 Å². The number of halogens is 3. The molecule has 1 aliphatic rings. The number of hydrogen-bond donors (Lipinski definition) is 1. The maximum absolute atomic E-state index is 12.3. The Morgan fingerprint density at radius 1 is 1.44 bits per heavy atom. The fourth-order valence-electron chi connectivity index (χ4n) is 1.95. The second-order valence-corrected chi connectivity index (χ2v) is 4.00. The Labute approximate surface area is 92.6 Å². The molecule has 0 bridgehead atoms. The molecule has 1 rings (SSSR count). The molecule has 2 atom stereocenters. The third kappa shape index (κ3) is 3.76. The molecule has 1 aliphatic carbocycles. The first kappa shape index (κ1) is 12.9. The SMILES string of the molecule is CC#CC(=O)NCC1CCC(C(F)(F)F)C1. The van der Waals surface area contributed by atoms with Crippen LogP contribution in [0.5, 0.6) is 0 Å². The molecule has 0 heterocycles. The van der Waals surface area contributed by atoms with Crippen molar-refractivity contribution in [2.75, 3.05) is 6.54 Å². The molecule has 2 nitrogen and oxygen atoms in total. The van der Waals surface area contributed by atoms with E-state index in [4.69, 9.17) is 0 Å². The number of hydrogen-bond acceptors (Lipinski definition) is 1. The number of alkyl halides is 3. The summed E-state index contributed by atoms with van der Waals surface area (Å²) in [5.74, 6) is 3.03. The van der Waals surface area contributed by atoms with E-state index in [1.165, 1.54) is 6.92 Å². The fourth-order valence-corrected chi connectivity index (χ4v) is 1.95. The standard InChI is InChI=1S/C11H14F3NO/c1-2-3-10(16)15-7-8-4-5-9(6-8)11(12,13)14/h8-9H,4-7H2,1H3,(H,15,16). The minimum absolute atomic E-state index is 0.0748. The molecule has 0 aromatic heterocycles. The van der Waals surface area contributed by atoms with Gasteiger partial charge in [-0.3, -0.25) is 4.79 Å². The third-order valence-electron chi connectivity index (χ3n) is 2.79. The lowest BCUT2D eigenvalue weighted by Gasteiger charge is -2.14. The Balaban J connectivity index is 2.31. The minimum Gasteiger partial charge on any atom is -0.345 e. The van der Waals surface area contributed by atoms with E-state index >= 15 is 0 Å². The Morgan fingerprint density at radius 3 is 2.62 bits per heavy atom. The molecule has 1 fully saturated rings. The first-order valence-corrected chi connectivity index (χ1v) is 5.20. The van der Waals surface area contributed by atoms with Crippen molar-refractivity contribution in [3.8, 4) is 11.8 Å². The molecule has 5 heteroatoms. The van der Waals surface area contributed by atoms with Gasteiger partial charge in [-0.15, -0.1) is 0 Å². The average Bonchev–Trinajstić information content (AvgIpc) is 2.63. The highest BCUT2D eigenvalue weighted by Gasteiger charge is 2.43. The number of carbonyl (C=O) groups is 1. The summed E-state index contributed by atoms with van der Waals surface area (Å²) >= 11 is 0. The lowest BCUT2D eigenvalue weighted by Crippen LogP contribution is -2.28. The van der Waals surface area contributed by atoms with Crippen molar-refractivity contribution in [3.63, 3.8) is 0 Å². The Morgan fingerprint density at radius 2 is 2.12 bits per heavy atom. The summed E-state index contributed by atoms with van der Waals surface area (Å²) < 4.78 is 37.0. The lowest BCUT2D eigenvalue weighted by molar-refractivity contribution is -0.173. The topological polar surface area (TPSA) is 29.1 Å². The average molecular weight is 233 g/mol. The van der Waals surface area contributed by atoms with Crippen molar-refractivity contribution in [2.24, 2.45) is 11.8 Å². The van der Waals surface area contributed by atoms with Crippen LogP contribution in [-0.4, -0.2) is 18.6 Å². The number of amides is 1. The monoisotopic (exact) mass is 233 g/mol. The van der Waals surface area contributed by atoms with Gasteiger partial charge >= 0.3 is 6.18 Å². The van der Waals surface area contributed by atoms with E-state index < -0.39 is 18.0 Å². The van der Waals surface area contributed by atoms with Crippen LogP contribution in [0.4, 0.5) is 13.2 Å². The van der Waals surface area contributed by atoms with E-state index in [9.17, 15) is 18.0 Å². The van der Waals surface area contributed by atoms with Gasteiger partial charge in [0.05, 0.1) is 5.92 Å². The van der Waals surface area contributed by atoms with Crippen LogP contribution >= 0.6 is 0 Å². The second-order valence-electron chi connectivity index (χ2n) is 4.00. The molecule has 16 heavy (non-hydrogen) atoms. The number of nitrogens with one attached hydrogen (secondary N) is 1. The Bertz CT molecular complexity index is 313. The van der Waals surface area contributed by atoms with Crippen molar-refractivity contribution in [3.05, 3.63) is 0 Å². The summed E-state index contributed by atoms with van der Waals surface area (Å²) in [6, 6.07) is 0. The third-order valence-corrected chi connectivity index (χ3v) is 2.79. The zero-order valence-corrected chi connectivity index (χ0v) is 9.03. The van der Waals surface area contributed by atoms with Gasteiger partial charge in [-0.25, -0.2) is 0 Å². The molecular formula is C11H14F3NO. The van der Waals surface area contributed by atoms with Crippen LogP contribution < -0.4 is 5.32 Å². The van der Waals surface area contributed by atoms with Gasteiger partial charge in [0.25, 0.3) is 5.91 Å². The maximum atomic E-state index is 12.3. The number of carbonyl (C=O) groups excluding carboxylic acids is 1. The van der Waals surface area contributed by atoms with Gasteiger partial charge in [-0.1, -0.05) is 5.92 Å². The maximum Gasteiger partial charge on any atom is 0.391 e. The lowest BCUT2D eigenvalue weighted by atomic mass is 10.0. The van der Waals surface area contributed by atoms with Crippen molar-refractivity contribution in [2.45, 2.75) is 32.4 Å². The van der Waals surface area contributed by atoms with Crippen LogP contribution in [0.2, 0.25) is 0 Å². The van der Waals surface area contributed by atoms with Crippen LogP contribution in [0, 0.1) is 23.7 Å². The summed E-state index contributed by atoms with van der Waals surface area (Å²) in [5.41, 5.74) is 0. The molecule has 0 radical (unpaired) electrons. The van der Waals surface area contributed by atoms with Gasteiger partial charge in [-0.2, -0.15) is 13.2 Å². The molecule has 0 aliphatic heterocycles. The normalized spacial score (nSPS) is 24.8. The van der Waals surface area contributed by atoms with Crippen LogP contribution in [-0.2, 0) is 4.79 Å². The predicted octanol–water partition coefficient (Wildman–Crippen LogP) is 2.10. The zero-order chi connectivity index (χ0) is 12.2. The van der Waals surface area contributed by atoms with E-state index in [2.05, 4.69) is 17.2 Å². The second kappa shape index (κ2) is 5.24. The van der Waals surface area contributed by atoms with E-state index in [-0.39, 0.29) is 18.8 Å². The smallest absolute Gasteiger partial charge is 0.345 e. The summed E-state index contributed by atoms with van der Waals surface area (Å²) in [7, 11) is 0. The van der Waals surface area contributed by atoms with E-state index in [0.29, 0.717) is 13.0 Å². The van der Waals surface area contributed by atoms with Crippen LogP contribution in [0.3, 0.4) is 0 Å². The summed E-state index contributed by atoms with van der Waals surface area (Å²) in [6.45, 7) is 1.83. The van der Waals surface area contributed by atoms with Gasteiger partial charge in [0, 0.05) is 6.54 Å². The van der Waals surface area contributed by atoms with Gasteiger partial charge < -0.3 is 5.32 Å². The van der Waals surface area contributed by atoms with Gasteiger partial charge in [0.2, 0.25) is 0 Å². The Kier molecular flexibility index (Phi) is 4.22. The molecule has 0 aromatic rings. The molecule has 0 spiro atoms. The molecule has 0 aromatic carbocycles. The minimum atomic E-state index is -4.10. The molecule has 1 N–H and O–H groups in total. The van der Waals surface area contributed by atoms with Crippen LogP contribution in [0.1, 0.15) is 26.2 Å². The molecular weight excluding hydrogens is 219 g/mol. The van der Waals surface area contributed by atoms with E-state index in [1.807, 2.05) is 0 Å². The van der Waals surface area contributed by atoms with Crippen LogP contribution in [0.25, 0.3) is 0 Å². The molecule has 1 amide bonds. The van der Waals surface area contributed by atoms with Crippen molar-refractivity contribution in [1.29, 1.82) is 0 Å². The fraction of sp³-hybridized carbons (Fsp3) is 0.727. The highest BCUT2D eigenvalue weighted by molar-refractivity contribution is 5.93. The Hall–Kier alpha value is -1.18. The van der Waals surface area contributed by atoms with Gasteiger partial charge in [-0.05, 0) is 38.0 Å².